The number of carboxylic acid groups (broad SMARTS) is 1. The Bertz CT molecular complexity index is 1830. The second-order valence-corrected chi connectivity index (χ2v) is 16.6. The summed E-state index contributed by atoms with van der Waals surface area (Å²) >= 11 is 6.89. The molecule has 58 heavy (non-hydrogen) atoms. The zero-order valence-corrected chi connectivity index (χ0v) is 33.9. The molecule has 0 bridgehead atoms. The van der Waals surface area contributed by atoms with E-state index in [2.05, 4.69) is 15.2 Å². The molecule has 15 nitrogen and oxygen atoms in total. The monoisotopic (exact) mass is 825 g/mol. The molecule has 5 aliphatic rings. The lowest BCUT2D eigenvalue weighted by atomic mass is 10.0. The predicted octanol–water partition coefficient (Wildman–Crippen LogP) is 4.95. The number of carboxylic acids is 1. The number of nitrogens with one attached hydrogen (secondary N) is 1. The molecular formula is C42H56ClN5O10. The molecule has 2 aliphatic heterocycles. The number of fused-ring (bicyclic) bond motifs is 2. The molecule has 1 aromatic heterocycles. The number of amides is 3. The number of morpholine rings is 1. The minimum absolute atomic E-state index is 0.0548. The summed E-state index contributed by atoms with van der Waals surface area (Å²) in [5.41, 5.74) is 6.33. The van der Waals surface area contributed by atoms with Crippen molar-refractivity contribution in [3.05, 3.63) is 35.4 Å². The number of primary amides is 1. The van der Waals surface area contributed by atoms with Gasteiger partial charge in [0.25, 0.3) is 0 Å². The number of aliphatic carboxylic acids is 1. The van der Waals surface area contributed by atoms with Crippen LogP contribution >= 0.6 is 11.6 Å². The number of halogens is 1. The number of hydrogen-bond donors (Lipinski definition) is 3. The van der Waals surface area contributed by atoms with Gasteiger partial charge in [0.15, 0.2) is 0 Å². The van der Waals surface area contributed by atoms with Gasteiger partial charge in [-0.05, 0) is 81.8 Å². The number of ether oxygens (including phenoxy) is 5. The van der Waals surface area contributed by atoms with Crippen LogP contribution in [-0.4, -0.2) is 121 Å². The molecule has 2 aromatic rings. The summed E-state index contributed by atoms with van der Waals surface area (Å²) < 4.78 is 29.6. The zero-order chi connectivity index (χ0) is 40.8. The van der Waals surface area contributed by atoms with E-state index in [-0.39, 0.29) is 30.9 Å². The summed E-state index contributed by atoms with van der Waals surface area (Å²) in [5.74, 6) is 0.418. The van der Waals surface area contributed by atoms with Crippen LogP contribution in [0.5, 0.6) is 17.4 Å². The van der Waals surface area contributed by atoms with Crippen molar-refractivity contribution in [2.24, 2.45) is 29.4 Å². The number of benzene rings is 1. The number of nitrogens with two attached hydrogens (primary N) is 1. The summed E-state index contributed by atoms with van der Waals surface area (Å²) in [6.07, 6.45) is 9.68. The zero-order valence-electron chi connectivity index (χ0n) is 33.2. The smallest absolute Gasteiger partial charge is 0.408 e. The van der Waals surface area contributed by atoms with Crippen LogP contribution < -0.4 is 25.3 Å². The highest BCUT2D eigenvalue weighted by atomic mass is 35.5. The van der Waals surface area contributed by atoms with Crippen LogP contribution in [0.2, 0.25) is 5.02 Å². The number of unbranched alkanes of at least 4 members (excludes halogenated alkanes) is 3. The average molecular weight is 826 g/mol. The van der Waals surface area contributed by atoms with Crippen molar-refractivity contribution in [3.8, 4) is 17.4 Å². The number of pyridine rings is 1. The van der Waals surface area contributed by atoms with Crippen LogP contribution in [0.3, 0.4) is 0 Å². The van der Waals surface area contributed by atoms with Gasteiger partial charge in [0.1, 0.15) is 52.9 Å². The van der Waals surface area contributed by atoms with Crippen molar-refractivity contribution < 1.29 is 48.0 Å². The quantitative estimate of drug-likeness (QED) is 0.120. The lowest BCUT2D eigenvalue weighted by Gasteiger charge is -2.28. The Morgan fingerprint density at radius 2 is 1.83 bits per heavy atom. The van der Waals surface area contributed by atoms with Gasteiger partial charge in [0, 0.05) is 37.5 Å². The van der Waals surface area contributed by atoms with Gasteiger partial charge >= 0.3 is 12.1 Å². The molecule has 3 amide bonds. The molecule has 3 saturated carbocycles. The van der Waals surface area contributed by atoms with Gasteiger partial charge in [-0.15, -0.1) is 0 Å². The van der Waals surface area contributed by atoms with Crippen LogP contribution in [0.1, 0.15) is 71.1 Å². The van der Waals surface area contributed by atoms with E-state index < -0.39 is 42.1 Å². The predicted molar refractivity (Wildman–Crippen MR) is 214 cm³/mol. The first-order valence-corrected chi connectivity index (χ1v) is 21.3. The SMILES string of the molecule is CCOc1cc(OC2C[C@@H](C(N)=O)N(C(=O)[C@H](CCCCC/C=C\[C@@H]3C[C@@H]3C(=O)O)NC(=O)OC3C[C@@H]4C[C@@H]4C3)C2)c2ccc(OCCN3CCOCC3)c(Cl)c2n1. The minimum Gasteiger partial charge on any atom is -0.491 e. The van der Waals surface area contributed by atoms with Gasteiger partial charge in [-0.25, -0.2) is 9.78 Å². The van der Waals surface area contributed by atoms with Gasteiger partial charge in [-0.3, -0.25) is 19.3 Å². The number of allylic oxidation sites excluding steroid dienone is 2. The van der Waals surface area contributed by atoms with Crippen LogP contribution in [0.4, 0.5) is 4.79 Å². The molecular weight excluding hydrogens is 770 g/mol. The number of hydrogen-bond acceptors (Lipinski definition) is 11. The van der Waals surface area contributed by atoms with E-state index in [9.17, 15) is 19.2 Å². The third-order valence-corrected chi connectivity index (χ3v) is 12.4. The molecule has 316 valence electrons. The Balaban J connectivity index is 1.01. The van der Waals surface area contributed by atoms with E-state index in [4.69, 9.17) is 46.1 Å². The topological polar surface area (TPSA) is 192 Å². The highest BCUT2D eigenvalue weighted by Crippen LogP contribution is 2.52. The summed E-state index contributed by atoms with van der Waals surface area (Å²) in [4.78, 5) is 59.8. The van der Waals surface area contributed by atoms with Crippen molar-refractivity contribution in [1.29, 1.82) is 0 Å². The van der Waals surface area contributed by atoms with E-state index in [0.717, 1.165) is 51.7 Å². The fourth-order valence-electron chi connectivity index (χ4n) is 8.61. The third-order valence-electron chi connectivity index (χ3n) is 12.0. The number of carbonyl (C=O) groups excluding carboxylic acids is 3. The maximum atomic E-state index is 14.3. The van der Waals surface area contributed by atoms with E-state index in [1.54, 1.807) is 12.1 Å². The molecule has 3 heterocycles. The molecule has 16 heteroatoms. The number of likely N-dealkylation sites (tertiary alicyclic amines) is 1. The number of aromatic nitrogens is 1. The Morgan fingerprint density at radius 1 is 1.03 bits per heavy atom. The highest BCUT2D eigenvalue weighted by molar-refractivity contribution is 6.36. The number of nitrogens with zero attached hydrogens (tertiary/aromatic N) is 3. The van der Waals surface area contributed by atoms with Gasteiger partial charge in [0.05, 0.1) is 32.3 Å². The lowest BCUT2D eigenvalue weighted by Crippen LogP contribution is -2.53. The molecule has 0 spiro atoms. The molecule has 1 aromatic carbocycles. The molecule has 8 atom stereocenters. The van der Waals surface area contributed by atoms with Crippen LogP contribution in [0.15, 0.2) is 30.4 Å². The molecule has 2 unspecified atom stereocenters. The maximum Gasteiger partial charge on any atom is 0.408 e. The third kappa shape index (κ3) is 10.6. The summed E-state index contributed by atoms with van der Waals surface area (Å²) in [7, 11) is 0. The second kappa shape index (κ2) is 19.2. The van der Waals surface area contributed by atoms with Gasteiger partial charge in [-0.2, -0.15) is 0 Å². The fraction of sp³-hybridized carbons (Fsp3) is 0.643. The molecule has 0 radical (unpaired) electrons. The first-order chi connectivity index (χ1) is 28.1. The molecule has 5 fully saturated rings. The largest absolute Gasteiger partial charge is 0.491 e. The molecule has 7 rings (SSSR count). The van der Waals surface area contributed by atoms with Crippen molar-refractivity contribution in [2.45, 2.75) is 95.4 Å². The van der Waals surface area contributed by atoms with E-state index >= 15 is 0 Å². The standard InChI is InChI=1S/C42H56ClN5O10/c1-2-55-36-23-35(30-10-11-34(37(43)38(30)46-36)56-17-14-47-12-15-54-16-13-47)57-29-22-33(39(44)49)48(24-29)40(50)32(45-42(53)58-28-19-26-18-27(26)20-28)9-7-5-3-4-6-8-25-21-31(25)41(51)52/h6,8,10-11,23,25-29,31-33H,2-5,7,9,12-22,24H2,1H3,(H2,44,49)(H,45,53)(H,51,52)/b8-6-/t25-,26-,27+,28?,29?,31+,32+,33+/m1/s1. The summed E-state index contributed by atoms with van der Waals surface area (Å²) in [6, 6.07) is 3.37. The second-order valence-electron chi connectivity index (χ2n) is 16.2. The highest BCUT2D eigenvalue weighted by Gasteiger charge is 2.48. The van der Waals surface area contributed by atoms with E-state index in [1.165, 1.54) is 11.3 Å². The Labute approximate surface area is 343 Å². The van der Waals surface area contributed by atoms with Gasteiger partial charge in [-0.1, -0.05) is 36.6 Å². The van der Waals surface area contributed by atoms with E-state index in [1.807, 2.05) is 25.1 Å². The number of rotatable bonds is 20. The van der Waals surface area contributed by atoms with Crippen LogP contribution in [0, 0.1) is 23.7 Å². The summed E-state index contributed by atoms with van der Waals surface area (Å²) in [6.45, 7) is 6.50. The lowest BCUT2D eigenvalue weighted by molar-refractivity contribution is -0.139. The molecule has 2 saturated heterocycles. The first-order valence-electron chi connectivity index (χ1n) is 20.9. The van der Waals surface area contributed by atoms with Crippen molar-refractivity contribution in [1.82, 2.24) is 20.1 Å². The number of alkyl carbamates (subject to hydrolysis) is 1. The van der Waals surface area contributed by atoms with Gasteiger partial charge in [0.2, 0.25) is 17.7 Å². The normalized spacial score (nSPS) is 26.9. The van der Waals surface area contributed by atoms with Gasteiger partial charge < -0.3 is 44.7 Å². The maximum absolute atomic E-state index is 14.3. The Morgan fingerprint density at radius 3 is 2.55 bits per heavy atom. The minimum atomic E-state index is -0.962. The van der Waals surface area contributed by atoms with Crippen molar-refractivity contribution in [3.63, 3.8) is 0 Å². The van der Waals surface area contributed by atoms with Crippen molar-refractivity contribution >= 4 is 46.4 Å². The summed E-state index contributed by atoms with van der Waals surface area (Å²) in [5, 5.41) is 12.9. The fourth-order valence-corrected chi connectivity index (χ4v) is 8.87. The average Bonchev–Trinajstić information content (AvgIpc) is 4.06. The van der Waals surface area contributed by atoms with E-state index in [0.29, 0.717) is 90.8 Å². The number of carbonyl (C=O) groups is 4. The van der Waals surface area contributed by atoms with Crippen molar-refractivity contribution in [2.75, 3.05) is 52.6 Å². The Kier molecular flexibility index (Phi) is 13.8. The first kappa shape index (κ1) is 41.8. The Hall–Kier alpha value is -4.34. The van der Waals surface area contributed by atoms with Crippen LogP contribution in [-0.2, 0) is 23.9 Å². The van der Waals surface area contributed by atoms with Crippen LogP contribution in [0.25, 0.3) is 10.9 Å². The molecule has 3 aliphatic carbocycles. The molecule has 4 N–H and O–H groups in total.